The first-order chi connectivity index (χ1) is 9.19. The third kappa shape index (κ3) is 4.62. The van der Waals surface area contributed by atoms with E-state index in [4.69, 9.17) is 20.0 Å². The molecule has 8 nitrogen and oxygen atoms in total. The first-order valence-corrected chi connectivity index (χ1v) is 8.39. The standard InChI is InChI=1S/C10H17N2O6PS/c1-6-7(5-18-19(16,17)20)8(6)9(14)12(10(11)15)3-2-4-13/h2-4,6-9,14H,5H2,1H3,(H2,11,15)(H2,16,17,20)/b3-2-/t6?,7-,8+,9?/m0/s1. The van der Waals surface area contributed by atoms with Gasteiger partial charge in [0.05, 0.1) is 6.61 Å². The van der Waals surface area contributed by atoms with Gasteiger partial charge in [-0.25, -0.2) is 4.79 Å². The van der Waals surface area contributed by atoms with Crippen LogP contribution in [0.1, 0.15) is 6.92 Å². The van der Waals surface area contributed by atoms with Crippen molar-refractivity contribution in [1.29, 1.82) is 0 Å². The molecule has 0 aromatic carbocycles. The predicted molar refractivity (Wildman–Crippen MR) is 73.5 cm³/mol. The second-order valence-electron chi connectivity index (χ2n) is 4.52. The quantitative estimate of drug-likeness (QED) is 0.215. The first kappa shape index (κ1) is 17.2. The van der Waals surface area contributed by atoms with Crippen LogP contribution in [0.25, 0.3) is 0 Å². The summed E-state index contributed by atoms with van der Waals surface area (Å²) in [5.74, 6) is -0.545. The summed E-state index contributed by atoms with van der Waals surface area (Å²) in [6.07, 6.45) is 1.36. The summed E-state index contributed by atoms with van der Waals surface area (Å²) in [6.45, 7) is -1.96. The van der Waals surface area contributed by atoms with E-state index in [1.165, 1.54) is 0 Å². The maximum Gasteiger partial charge on any atom is 0.321 e. The number of carbonyl (C=O) groups is 2. The topological polar surface area (TPSA) is 133 Å². The number of allylic oxidation sites excluding steroid dienone is 1. The number of hydrogen-bond acceptors (Lipinski definition) is 5. The Morgan fingerprint density at radius 2 is 2.20 bits per heavy atom. The summed E-state index contributed by atoms with van der Waals surface area (Å²) in [6, 6.07) is -0.899. The number of amides is 2. The molecular formula is C10H17N2O6PS. The van der Waals surface area contributed by atoms with E-state index in [9.17, 15) is 14.7 Å². The number of nitrogens with zero attached hydrogens (tertiary/aromatic N) is 1. The monoisotopic (exact) mass is 324 g/mol. The van der Waals surface area contributed by atoms with Crippen molar-refractivity contribution in [2.45, 2.75) is 13.2 Å². The Labute approximate surface area is 121 Å². The zero-order valence-electron chi connectivity index (χ0n) is 10.7. The molecule has 4 atom stereocenters. The molecule has 0 radical (unpaired) electrons. The van der Waals surface area contributed by atoms with Gasteiger partial charge in [-0.15, -0.1) is 0 Å². The summed E-state index contributed by atoms with van der Waals surface area (Å²) < 4.78 is 4.74. The molecule has 0 saturated heterocycles. The SMILES string of the molecule is CC1[C@@H](C(O)N(/C=C\C=O)C(N)=O)[C@H]1COP(O)(O)=S. The van der Waals surface area contributed by atoms with Crippen LogP contribution in [0.2, 0.25) is 0 Å². The molecule has 0 aliphatic heterocycles. The minimum Gasteiger partial charge on any atom is -0.373 e. The van der Waals surface area contributed by atoms with Gasteiger partial charge in [-0.05, 0) is 29.7 Å². The molecule has 1 aliphatic carbocycles. The molecule has 5 N–H and O–H groups in total. The molecule has 0 bridgehead atoms. The summed E-state index contributed by atoms with van der Waals surface area (Å²) in [5, 5.41) is 10.1. The second kappa shape index (κ2) is 6.75. The summed E-state index contributed by atoms with van der Waals surface area (Å²) in [5.41, 5.74) is 5.12. The van der Waals surface area contributed by atoms with Gasteiger partial charge in [0.25, 0.3) is 0 Å². The highest BCUT2D eigenvalue weighted by atomic mass is 32.5. The Morgan fingerprint density at radius 3 is 2.65 bits per heavy atom. The zero-order valence-corrected chi connectivity index (χ0v) is 12.4. The Hall–Kier alpha value is -0.830. The van der Waals surface area contributed by atoms with Gasteiger partial charge in [-0.1, -0.05) is 6.92 Å². The molecular weight excluding hydrogens is 307 g/mol. The molecule has 0 aromatic rings. The number of aldehydes is 1. The predicted octanol–water partition coefficient (Wildman–Crippen LogP) is -0.494. The number of urea groups is 1. The average Bonchev–Trinajstić information content (AvgIpc) is 2.96. The number of hydrogen-bond donors (Lipinski definition) is 4. The minimum absolute atomic E-state index is 0.0157. The highest BCUT2D eigenvalue weighted by Gasteiger charge is 2.53. The first-order valence-electron chi connectivity index (χ1n) is 5.77. The van der Waals surface area contributed by atoms with Crippen molar-refractivity contribution < 1.29 is 29.0 Å². The summed E-state index contributed by atoms with van der Waals surface area (Å²) >= 11 is 4.33. The molecule has 2 unspecified atom stereocenters. The van der Waals surface area contributed by atoms with Crippen LogP contribution in [0, 0.1) is 17.8 Å². The van der Waals surface area contributed by atoms with Crippen molar-refractivity contribution in [3.05, 3.63) is 12.3 Å². The van der Waals surface area contributed by atoms with E-state index in [-0.39, 0.29) is 24.4 Å². The third-order valence-electron chi connectivity index (χ3n) is 3.28. The summed E-state index contributed by atoms with van der Waals surface area (Å²) in [7, 11) is 0. The van der Waals surface area contributed by atoms with Crippen molar-refractivity contribution in [2.75, 3.05) is 6.61 Å². The summed E-state index contributed by atoms with van der Waals surface area (Å²) in [4.78, 5) is 40.3. The molecule has 1 saturated carbocycles. The van der Waals surface area contributed by atoms with Crippen LogP contribution in [0.15, 0.2) is 12.3 Å². The van der Waals surface area contributed by atoms with Crippen LogP contribution in [0.5, 0.6) is 0 Å². The van der Waals surface area contributed by atoms with Crippen molar-refractivity contribution in [3.63, 3.8) is 0 Å². The zero-order chi connectivity index (χ0) is 15.5. The largest absolute Gasteiger partial charge is 0.373 e. The van der Waals surface area contributed by atoms with E-state index in [2.05, 4.69) is 11.8 Å². The molecule has 114 valence electrons. The number of aliphatic hydroxyl groups excluding tert-OH is 1. The van der Waals surface area contributed by atoms with E-state index in [1.54, 1.807) is 0 Å². The normalized spacial score (nSPS) is 27.3. The Kier molecular flexibility index (Phi) is 5.81. The average molecular weight is 324 g/mol. The Bertz CT molecular complexity index is 453. The van der Waals surface area contributed by atoms with Crippen LogP contribution in [0.3, 0.4) is 0 Å². The second-order valence-corrected chi connectivity index (χ2v) is 7.19. The number of aliphatic hydroxyl groups is 1. The lowest BCUT2D eigenvalue weighted by molar-refractivity contribution is -0.104. The Morgan fingerprint density at radius 1 is 1.60 bits per heavy atom. The fourth-order valence-electron chi connectivity index (χ4n) is 2.12. The van der Waals surface area contributed by atoms with Crippen LogP contribution >= 0.6 is 6.72 Å². The van der Waals surface area contributed by atoms with E-state index < -0.39 is 19.0 Å². The van der Waals surface area contributed by atoms with E-state index in [0.717, 1.165) is 17.2 Å². The van der Waals surface area contributed by atoms with Gasteiger partial charge in [0.1, 0.15) is 12.5 Å². The van der Waals surface area contributed by atoms with Crippen LogP contribution in [-0.4, -0.2) is 44.9 Å². The lowest BCUT2D eigenvalue weighted by Gasteiger charge is -2.23. The fourth-order valence-corrected chi connectivity index (χ4v) is 2.67. The number of nitrogens with two attached hydrogens (primary N) is 1. The van der Waals surface area contributed by atoms with Crippen LogP contribution in [0.4, 0.5) is 4.79 Å². The molecule has 1 fully saturated rings. The van der Waals surface area contributed by atoms with Crippen LogP contribution in [-0.2, 0) is 21.1 Å². The van der Waals surface area contributed by atoms with E-state index >= 15 is 0 Å². The highest BCUT2D eigenvalue weighted by molar-refractivity contribution is 8.06. The van der Waals surface area contributed by atoms with Crippen molar-refractivity contribution >= 4 is 30.8 Å². The maximum atomic E-state index is 11.2. The molecule has 2 amide bonds. The van der Waals surface area contributed by atoms with Gasteiger partial charge in [0.2, 0.25) is 0 Å². The molecule has 1 aliphatic rings. The number of rotatable bonds is 7. The van der Waals surface area contributed by atoms with Gasteiger partial charge in [0, 0.05) is 12.1 Å². The number of primary amides is 1. The molecule has 20 heavy (non-hydrogen) atoms. The lowest BCUT2D eigenvalue weighted by atomic mass is 10.2. The molecule has 10 heteroatoms. The Balaban J connectivity index is 2.65. The van der Waals surface area contributed by atoms with Gasteiger partial charge < -0.3 is 25.2 Å². The van der Waals surface area contributed by atoms with Gasteiger partial charge in [-0.3, -0.25) is 9.69 Å². The van der Waals surface area contributed by atoms with Gasteiger partial charge >= 0.3 is 12.7 Å². The lowest BCUT2D eigenvalue weighted by Crippen LogP contribution is -2.41. The van der Waals surface area contributed by atoms with Gasteiger partial charge in [0.15, 0.2) is 0 Å². The minimum atomic E-state index is -3.74. The van der Waals surface area contributed by atoms with Gasteiger partial charge in [-0.2, -0.15) is 0 Å². The third-order valence-corrected chi connectivity index (χ3v) is 4.08. The molecule has 0 aromatic heterocycles. The van der Waals surface area contributed by atoms with Crippen molar-refractivity contribution in [3.8, 4) is 0 Å². The molecule has 0 spiro atoms. The smallest absolute Gasteiger partial charge is 0.321 e. The maximum absolute atomic E-state index is 11.2. The van der Waals surface area contributed by atoms with E-state index in [1.807, 2.05) is 6.92 Å². The van der Waals surface area contributed by atoms with Crippen LogP contribution < -0.4 is 5.73 Å². The van der Waals surface area contributed by atoms with Crippen molar-refractivity contribution in [1.82, 2.24) is 4.90 Å². The number of carbonyl (C=O) groups excluding carboxylic acids is 2. The molecule has 1 rings (SSSR count). The van der Waals surface area contributed by atoms with Crippen molar-refractivity contribution in [2.24, 2.45) is 23.5 Å². The molecule has 0 heterocycles. The fraction of sp³-hybridized carbons (Fsp3) is 0.600. The highest BCUT2D eigenvalue weighted by Crippen LogP contribution is 2.51. The van der Waals surface area contributed by atoms with E-state index in [0.29, 0.717) is 6.29 Å².